The minimum absolute atomic E-state index is 0.241. The van der Waals surface area contributed by atoms with Crippen LogP contribution in [0.3, 0.4) is 0 Å². The predicted molar refractivity (Wildman–Crippen MR) is 49.8 cm³/mol. The summed E-state index contributed by atoms with van der Waals surface area (Å²) >= 11 is 1.61. The van der Waals surface area contributed by atoms with Crippen LogP contribution in [0.15, 0.2) is 24.3 Å². The fraction of sp³-hybridized carbons (Fsp3) is 0.444. The molecule has 1 nitrogen and oxygen atoms in total. The van der Waals surface area contributed by atoms with Gasteiger partial charge in [-0.3, -0.25) is 4.79 Å². The Morgan fingerprint density at radius 3 is 2.55 bits per heavy atom. The van der Waals surface area contributed by atoms with Crippen LogP contribution in [-0.4, -0.2) is 16.8 Å². The molecule has 0 unspecified atom stereocenters. The molecule has 1 rings (SSSR count). The van der Waals surface area contributed by atoms with E-state index in [-0.39, 0.29) is 10.5 Å². The molecule has 0 fully saturated rings. The third-order valence-corrected chi connectivity index (χ3v) is 3.31. The molecule has 0 spiro atoms. The summed E-state index contributed by atoms with van der Waals surface area (Å²) in [5.41, 5.74) is 0. The molecule has 1 aliphatic rings. The molecule has 0 saturated heterocycles. The minimum Gasteiger partial charge on any atom is -0.298 e. The average molecular weight is 168 g/mol. The summed E-state index contributed by atoms with van der Waals surface area (Å²) in [7, 11) is 0. The maximum atomic E-state index is 11.2. The van der Waals surface area contributed by atoms with Crippen molar-refractivity contribution in [1.29, 1.82) is 0 Å². The van der Waals surface area contributed by atoms with E-state index in [1.54, 1.807) is 18.7 Å². The Balaban J connectivity index is 2.85. The van der Waals surface area contributed by atoms with Gasteiger partial charge in [-0.15, -0.1) is 11.8 Å². The Bertz CT molecular complexity index is 218. The van der Waals surface area contributed by atoms with Crippen LogP contribution in [0, 0.1) is 0 Å². The molecule has 0 radical (unpaired) electrons. The topological polar surface area (TPSA) is 17.1 Å². The lowest BCUT2D eigenvalue weighted by Gasteiger charge is -2.25. The van der Waals surface area contributed by atoms with Crippen LogP contribution in [0.4, 0.5) is 0 Å². The van der Waals surface area contributed by atoms with Gasteiger partial charge in [-0.2, -0.15) is 0 Å². The zero-order valence-corrected chi connectivity index (χ0v) is 7.65. The molecule has 0 N–H and O–H groups in total. The van der Waals surface area contributed by atoms with Crippen LogP contribution in [0.5, 0.6) is 0 Å². The summed E-state index contributed by atoms with van der Waals surface area (Å²) in [6.07, 6.45) is 10.8. The van der Waals surface area contributed by atoms with Crippen molar-refractivity contribution in [3.63, 3.8) is 0 Å². The van der Waals surface area contributed by atoms with Gasteiger partial charge in [-0.25, -0.2) is 0 Å². The SMILES string of the molecule is CS[C@]1(C(C)=O)C=CC=CC1. The molecule has 0 aromatic rings. The van der Waals surface area contributed by atoms with Crippen LogP contribution in [0.25, 0.3) is 0 Å². The maximum Gasteiger partial charge on any atom is 0.149 e. The minimum atomic E-state index is -0.269. The fourth-order valence-electron chi connectivity index (χ4n) is 1.16. The molecule has 0 aromatic heterocycles. The number of carbonyl (C=O) groups is 1. The Morgan fingerprint density at radius 2 is 2.27 bits per heavy atom. The highest BCUT2D eigenvalue weighted by atomic mass is 32.2. The average Bonchev–Trinajstić information content (AvgIpc) is 2.05. The second kappa shape index (κ2) is 3.26. The van der Waals surface area contributed by atoms with E-state index in [2.05, 4.69) is 0 Å². The van der Waals surface area contributed by atoms with Crippen molar-refractivity contribution in [2.24, 2.45) is 0 Å². The van der Waals surface area contributed by atoms with Crippen molar-refractivity contribution in [1.82, 2.24) is 0 Å². The van der Waals surface area contributed by atoms with E-state index in [4.69, 9.17) is 0 Å². The molecule has 11 heavy (non-hydrogen) atoms. The molecule has 2 heteroatoms. The molecule has 0 aromatic carbocycles. The predicted octanol–water partition coefficient (Wildman–Crippen LogP) is 2.19. The van der Waals surface area contributed by atoms with Crippen molar-refractivity contribution < 1.29 is 4.79 Å². The van der Waals surface area contributed by atoms with Crippen molar-refractivity contribution in [3.05, 3.63) is 24.3 Å². The molecular formula is C9H12OS. The first-order valence-electron chi connectivity index (χ1n) is 3.62. The number of allylic oxidation sites excluding steroid dienone is 3. The zero-order chi connectivity index (χ0) is 8.32. The molecular weight excluding hydrogens is 156 g/mol. The largest absolute Gasteiger partial charge is 0.298 e. The monoisotopic (exact) mass is 168 g/mol. The molecule has 0 saturated carbocycles. The van der Waals surface area contributed by atoms with E-state index in [1.807, 2.05) is 30.6 Å². The van der Waals surface area contributed by atoms with Crippen LogP contribution < -0.4 is 0 Å². The van der Waals surface area contributed by atoms with Gasteiger partial charge in [0.2, 0.25) is 0 Å². The zero-order valence-electron chi connectivity index (χ0n) is 6.83. The van der Waals surface area contributed by atoms with Gasteiger partial charge in [0, 0.05) is 0 Å². The number of hydrogen-bond acceptors (Lipinski definition) is 2. The smallest absolute Gasteiger partial charge is 0.149 e. The second-order valence-electron chi connectivity index (χ2n) is 2.64. The molecule has 0 heterocycles. The van der Waals surface area contributed by atoms with Gasteiger partial charge in [0.1, 0.15) is 5.78 Å². The number of rotatable bonds is 2. The number of hydrogen-bond donors (Lipinski definition) is 0. The van der Waals surface area contributed by atoms with E-state index in [0.29, 0.717) is 0 Å². The normalized spacial score (nSPS) is 28.9. The van der Waals surface area contributed by atoms with Crippen molar-refractivity contribution in [3.8, 4) is 0 Å². The first kappa shape index (κ1) is 8.60. The molecule has 0 bridgehead atoms. The van der Waals surface area contributed by atoms with Crippen molar-refractivity contribution in [2.45, 2.75) is 18.1 Å². The van der Waals surface area contributed by atoms with Gasteiger partial charge in [0.05, 0.1) is 4.75 Å². The Kier molecular flexibility index (Phi) is 2.55. The number of ketones is 1. The summed E-state index contributed by atoms with van der Waals surface area (Å²) in [4.78, 5) is 11.2. The lowest BCUT2D eigenvalue weighted by molar-refractivity contribution is -0.118. The van der Waals surface area contributed by atoms with Crippen LogP contribution in [-0.2, 0) is 4.79 Å². The molecule has 0 amide bonds. The van der Waals surface area contributed by atoms with Crippen LogP contribution in [0.2, 0.25) is 0 Å². The Hall–Kier alpha value is -0.500. The highest BCUT2D eigenvalue weighted by Gasteiger charge is 2.30. The summed E-state index contributed by atoms with van der Waals surface area (Å²) in [5.74, 6) is 0.241. The van der Waals surface area contributed by atoms with Crippen LogP contribution >= 0.6 is 11.8 Å². The lowest BCUT2D eigenvalue weighted by atomic mass is 9.96. The maximum absolute atomic E-state index is 11.2. The van der Waals surface area contributed by atoms with Gasteiger partial charge in [0.25, 0.3) is 0 Å². The van der Waals surface area contributed by atoms with E-state index in [1.165, 1.54) is 0 Å². The van der Waals surface area contributed by atoms with Gasteiger partial charge < -0.3 is 0 Å². The first-order valence-corrected chi connectivity index (χ1v) is 4.84. The van der Waals surface area contributed by atoms with Crippen LogP contribution in [0.1, 0.15) is 13.3 Å². The summed E-state index contributed by atoms with van der Waals surface area (Å²) in [6, 6.07) is 0. The van der Waals surface area contributed by atoms with E-state index < -0.39 is 0 Å². The number of thioether (sulfide) groups is 1. The second-order valence-corrected chi connectivity index (χ2v) is 3.78. The van der Waals surface area contributed by atoms with Crippen molar-refractivity contribution in [2.75, 3.05) is 6.26 Å². The van der Waals surface area contributed by atoms with E-state index in [0.717, 1.165) is 6.42 Å². The van der Waals surface area contributed by atoms with Gasteiger partial charge in [-0.05, 0) is 19.6 Å². The molecule has 0 aliphatic heterocycles. The van der Waals surface area contributed by atoms with Crippen molar-refractivity contribution >= 4 is 17.5 Å². The standard InChI is InChI=1S/C9H12OS/c1-8(10)9(11-2)6-4-3-5-7-9/h3-6H,7H2,1-2H3/t9-/m1/s1. The van der Waals surface area contributed by atoms with Gasteiger partial charge in [0.15, 0.2) is 0 Å². The van der Waals surface area contributed by atoms with Gasteiger partial charge in [-0.1, -0.05) is 24.3 Å². The third-order valence-electron chi connectivity index (χ3n) is 1.99. The van der Waals surface area contributed by atoms with E-state index >= 15 is 0 Å². The summed E-state index contributed by atoms with van der Waals surface area (Å²) in [6.45, 7) is 1.65. The molecule has 60 valence electrons. The number of Topliss-reactive ketones (excluding diaryl/α,β-unsaturated/α-hetero) is 1. The third kappa shape index (κ3) is 1.56. The molecule has 1 aliphatic carbocycles. The molecule has 1 atom stereocenters. The Morgan fingerprint density at radius 1 is 1.55 bits per heavy atom. The Labute approximate surface area is 71.6 Å². The summed E-state index contributed by atoms with van der Waals surface area (Å²) in [5, 5.41) is 0. The highest BCUT2D eigenvalue weighted by Crippen LogP contribution is 2.32. The fourth-order valence-corrected chi connectivity index (χ4v) is 1.92. The van der Waals surface area contributed by atoms with E-state index in [9.17, 15) is 4.79 Å². The highest BCUT2D eigenvalue weighted by molar-refractivity contribution is 8.00. The summed E-state index contributed by atoms with van der Waals surface area (Å²) < 4.78 is -0.269. The first-order chi connectivity index (χ1) is 5.21. The lowest BCUT2D eigenvalue weighted by Crippen LogP contribution is -2.30. The quantitative estimate of drug-likeness (QED) is 0.628. The number of carbonyl (C=O) groups excluding carboxylic acids is 1. The van der Waals surface area contributed by atoms with Gasteiger partial charge >= 0.3 is 0 Å².